The summed E-state index contributed by atoms with van der Waals surface area (Å²) < 4.78 is 25.6. The Balaban J connectivity index is 1.02. The molecule has 0 aliphatic carbocycles. The number of carboxylic acids is 2. The lowest BCUT2D eigenvalue weighted by Gasteiger charge is -2.21. The number of carbonyl (C=O) groups is 6. The molecule has 0 fully saturated rings. The first kappa shape index (κ1) is 61.1. The van der Waals surface area contributed by atoms with Crippen molar-refractivity contribution >= 4 is 123 Å². The Hall–Kier alpha value is -11.8. The zero-order valence-electron chi connectivity index (χ0n) is 51.7. The molecule has 0 saturated heterocycles. The Morgan fingerprint density at radius 3 is 1.05 bits per heavy atom. The molecule has 94 heavy (non-hydrogen) atoms. The van der Waals surface area contributed by atoms with E-state index in [-0.39, 0.29) is 59.3 Å². The molecule has 2 aliphatic heterocycles. The number of hydrogen-bond acceptors (Lipinski definition) is 12. The summed E-state index contributed by atoms with van der Waals surface area (Å²) in [5, 5.41) is 27.0. The van der Waals surface area contributed by atoms with Gasteiger partial charge in [-0.05, 0) is 190 Å². The first-order valence-electron chi connectivity index (χ1n) is 30.8. The van der Waals surface area contributed by atoms with Crippen LogP contribution in [-0.4, -0.2) is 91.4 Å². The topological polar surface area (TPSA) is 237 Å². The summed E-state index contributed by atoms with van der Waals surface area (Å²) in [7, 11) is 0. The molecule has 2 unspecified atom stereocenters. The Labute approximate surface area is 538 Å². The number of ether oxygens (including phenoxy) is 4. The number of nitrogens with zero attached hydrogens (tertiary/aromatic N) is 2. The van der Waals surface area contributed by atoms with Crippen molar-refractivity contribution < 1.29 is 57.9 Å². The van der Waals surface area contributed by atoms with E-state index < -0.39 is 61.2 Å². The van der Waals surface area contributed by atoms with Gasteiger partial charge in [-0.3, -0.25) is 9.59 Å². The highest BCUT2D eigenvalue weighted by Gasteiger charge is 2.34. The first-order valence-corrected chi connectivity index (χ1v) is 30.8. The number of hydrogen-bond donors (Lipinski definition) is 4. The Morgan fingerprint density at radius 2 is 0.691 bits per heavy atom. The number of carbonyl (C=O) groups excluding carboxylic acids is 4. The van der Waals surface area contributed by atoms with Gasteiger partial charge in [-0.2, -0.15) is 0 Å². The van der Waals surface area contributed by atoms with E-state index >= 15 is 0 Å². The maximum Gasteiger partial charge on any atom is 0.338 e. The van der Waals surface area contributed by atoms with Crippen LogP contribution in [-0.2, 0) is 41.4 Å². The lowest BCUT2D eigenvalue weighted by atomic mass is 9.98. The molecule has 0 spiro atoms. The fourth-order valence-electron chi connectivity index (χ4n) is 12.6. The maximum atomic E-state index is 14.8. The van der Waals surface area contributed by atoms with Crippen molar-refractivity contribution in [3.8, 4) is 0 Å². The fraction of sp³-hybridized carbons (Fsp3) is 0.154. The molecular weight excluding hydrogens is 1180 g/mol. The predicted molar refractivity (Wildman–Crippen MR) is 362 cm³/mol. The summed E-state index contributed by atoms with van der Waals surface area (Å²) in [6.07, 6.45) is -2.83. The molecule has 0 radical (unpaired) electrons. The summed E-state index contributed by atoms with van der Waals surface area (Å²) in [5.74, 6) is -4.81. The number of benzene rings is 8. The minimum absolute atomic E-state index is 0.114. The monoisotopic (exact) mass is 1250 g/mol. The van der Waals surface area contributed by atoms with E-state index in [4.69, 9.17) is 28.9 Å². The van der Waals surface area contributed by atoms with Crippen molar-refractivity contribution in [3.05, 3.63) is 261 Å². The number of carboxylic acid groups (broad SMARTS) is 2. The van der Waals surface area contributed by atoms with Gasteiger partial charge in [0.25, 0.3) is 0 Å². The molecule has 2 aliphatic rings. The molecule has 11 aromatic rings. The molecule has 13 rings (SSSR count). The molecule has 0 amide bonds. The van der Waals surface area contributed by atoms with E-state index in [1.807, 2.05) is 154 Å². The van der Waals surface area contributed by atoms with Gasteiger partial charge in [0.1, 0.15) is 13.2 Å². The van der Waals surface area contributed by atoms with Gasteiger partial charge in [-0.1, -0.05) is 121 Å². The quantitative estimate of drug-likeness (QED) is 0.0462. The molecule has 16 heteroatoms. The normalized spacial score (nSPS) is 12.9. The number of nitrogens with one attached hydrogen (secondary N) is 2. The molecule has 8 aromatic carbocycles. The second-order valence-electron chi connectivity index (χ2n) is 23.6. The van der Waals surface area contributed by atoms with E-state index in [1.165, 1.54) is 0 Å². The minimum Gasteiger partial charge on any atom is -0.481 e. The third kappa shape index (κ3) is 12.6. The summed E-state index contributed by atoms with van der Waals surface area (Å²) >= 11 is 0. The Bertz CT molecular complexity index is 5230. The minimum atomic E-state index is -1.33. The van der Waals surface area contributed by atoms with Gasteiger partial charge < -0.3 is 39.1 Å². The van der Waals surface area contributed by atoms with E-state index in [1.54, 1.807) is 67.6 Å². The van der Waals surface area contributed by atoms with Crippen molar-refractivity contribution in [2.75, 3.05) is 13.2 Å². The average Bonchev–Trinajstić information content (AvgIpc) is 1.60. The third-order valence-electron chi connectivity index (χ3n) is 17.6. The Kier molecular flexibility index (Phi) is 16.8. The highest BCUT2D eigenvalue weighted by atomic mass is 16.6. The number of H-pyrrole nitrogens is 2. The molecule has 4 N–H and O–H groups in total. The van der Waals surface area contributed by atoms with Crippen LogP contribution in [0.5, 0.6) is 0 Å². The number of aromatic nitrogens is 4. The number of esters is 4. The number of fused-ring (bicyclic) bond motifs is 12. The van der Waals surface area contributed by atoms with Gasteiger partial charge in [0.05, 0.1) is 45.0 Å². The highest BCUT2D eigenvalue weighted by molar-refractivity contribution is 6.03. The first-order chi connectivity index (χ1) is 45.5. The van der Waals surface area contributed by atoms with E-state index in [2.05, 4.69) is 9.97 Å². The zero-order chi connectivity index (χ0) is 65.3. The van der Waals surface area contributed by atoms with E-state index in [9.17, 15) is 39.0 Å². The van der Waals surface area contributed by atoms with Gasteiger partial charge in [0, 0.05) is 46.1 Å². The standard InChI is InChI=1S/C78H62N4O12/c1-43-59(29-31-71(83)84)65-40-66-60(30-32-72(85)86)44(2)62(80-66)38-67-74(70(94-78(90)58-28-24-50-16-8-12-20-54(50)36-58)42-92-76(88)56-26-22-48-14-6-10-18-52(48)34-56)46(4)64(82-67)39-68-73(45(3)63(81-68)37-61(43)79-65)69(93-77(89)57-27-23-49-15-7-11-19-53(49)35-57)41-91-75(87)55-25-21-47-13-5-9-17-51(47)33-55/h5-28,33-40,69-70,79-80H,29-32,41-42H2,1-4H3,(H,83,84)(H,85,86). The number of aryl methyl sites for hydroxylation is 4. The van der Waals surface area contributed by atoms with Crippen LogP contribution in [0.1, 0.15) is 113 Å². The highest BCUT2D eigenvalue weighted by Crippen LogP contribution is 2.40. The van der Waals surface area contributed by atoms with Gasteiger partial charge in [-0.25, -0.2) is 29.1 Å². The molecule has 16 nitrogen and oxygen atoms in total. The van der Waals surface area contributed by atoms with Crippen LogP contribution in [0.25, 0.3) is 87.4 Å². The average molecular weight is 1250 g/mol. The summed E-state index contributed by atoms with van der Waals surface area (Å²) in [6.45, 7) is 6.40. The summed E-state index contributed by atoms with van der Waals surface area (Å²) in [5.41, 5.74) is 8.93. The van der Waals surface area contributed by atoms with Crippen molar-refractivity contribution in [1.82, 2.24) is 19.9 Å². The number of rotatable bonds is 18. The number of aliphatic carboxylic acids is 2. The van der Waals surface area contributed by atoms with Gasteiger partial charge in [-0.15, -0.1) is 0 Å². The Morgan fingerprint density at radius 1 is 0.372 bits per heavy atom. The fourth-order valence-corrected chi connectivity index (χ4v) is 12.6. The van der Waals surface area contributed by atoms with Gasteiger partial charge in [0.15, 0.2) is 12.2 Å². The smallest absolute Gasteiger partial charge is 0.338 e. The summed E-state index contributed by atoms with van der Waals surface area (Å²) in [4.78, 5) is 101. The molecule has 2 atom stereocenters. The molecule has 0 saturated carbocycles. The summed E-state index contributed by atoms with van der Waals surface area (Å²) in [6, 6.07) is 58.5. The number of aromatic amines is 2. The number of allylic oxidation sites excluding steroid dienone is 2. The lowest BCUT2D eigenvalue weighted by Crippen LogP contribution is -2.27. The SMILES string of the molecule is CC1=C(C(COC(=O)c2ccc3ccccc3c2)OC(=O)c2ccc3ccccc3c2)c2cc3nc(cc4[nH]c(cc5[nH]c(cc1n2)c(C)c5CCC(=O)O)c(CCC(=O)O)c4C)C(C(COC(=O)c1ccc2ccccc2c1)OC(=O)c1ccc2ccccc2c1)=C3C. The van der Waals surface area contributed by atoms with Crippen LogP contribution in [0.15, 0.2) is 194 Å². The molecular formula is C78H62N4O12. The second kappa shape index (κ2) is 25.8. The van der Waals surface area contributed by atoms with Gasteiger partial charge >= 0.3 is 35.8 Å². The van der Waals surface area contributed by atoms with Crippen molar-refractivity contribution in [2.45, 2.75) is 65.6 Å². The lowest BCUT2D eigenvalue weighted by molar-refractivity contribution is -0.138. The maximum absolute atomic E-state index is 14.8. The zero-order valence-corrected chi connectivity index (χ0v) is 51.7. The van der Waals surface area contributed by atoms with Crippen LogP contribution in [0.4, 0.5) is 0 Å². The van der Waals surface area contributed by atoms with E-state index in [0.29, 0.717) is 72.4 Å². The molecule has 5 heterocycles. The molecule has 3 aromatic heterocycles. The molecule has 8 bridgehead atoms. The second-order valence-corrected chi connectivity index (χ2v) is 23.6. The van der Waals surface area contributed by atoms with E-state index in [0.717, 1.165) is 48.7 Å². The van der Waals surface area contributed by atoms with Crippen LogP contribution in [0.2, 0.25) is 0 Å². The van der Waals surface area contributed by atoms with Crippen molar-refractivity contribution in [1.29, 1.82) is 0 Å². The van der Waals surface area contributed by atoms with Crippen LogP contribution < -0.4 is 0 Å². The van der Waals surface area contributed by atoms with Crippen LogP contribution >= 0.6 is 0 Å². The van der Waals surface area contributed by atoms with Crippen LogP contribution in [0, 0.1) is 13.8 Å². The van der Waals surface area contributed by atoms with Crippen molar-refractivity contribution in [2.24, 2.45) is 0 Å². The van der Waals surface area contributed by atoms with Crippen LogP contribution in [0.3, 0.4) is 0 Å². The van der Waals surface area contributed by atoms with Gasteiger partial charge in [0.2, 0.25) is 0 Å². The predicted octanol–water partition coefficient (Wildman–Crippen LogP) is 15.6. The largest absolute Gasteiger partial charge is 0.481 e. The molecule has 466 valence electrons. The van der Waals surface area contributed by atoms with Crippen molar-refractivity contribution in [3.63, 3.8) is 0 Å². The third-order valence-corrected chi connectivity index (χ3v) is 17.6.